The van der Waals surface area contributed by atoms with Gasteiger partial charge in [-0.25, -0.2) is 9.97 Å². The Morgan fingerprint density at radius 1 is 1.29 bits per heavy atom. The van der Waals surface area contributed by atoms with Crippen molar-refractivity contribution >= 4 is 5.91 Å². The van der Waals surface area contributed by atoms with Crippen LogP contribution in [0.25, 0.3) is 0 Å². The minimum Gasteiger partial charge on any atom is -0.488 e. The number of carbonyl (C=O) groups excluding carboxylic acids is 1. The van der Waals surface area contributed by atoms with Gasteiger partial charge in [-0.05, 0) is 43.9 Å². The van der Waals surface area contributed by atoms with Gasteiger partial charge in [-0.3, -0.25) is 4.79 Å². The van der Waals surface area contributed by atoms with Crippen molar-refractivity contribution in [2.45, 2.75) is 44.6 Å². The quantitative estimate of drug-likeness (QED) is 0.918. The normalized spacial score (nSPS) is 18.3. The standard InChI is InChI=1S/C19H23N3O2/c1-19(2)9-15(16-5-3-4-6-17(16)24-19)12-22-18(23)8-7-14-10-20-13-21-11-14/h3-6,10-11,13,15H,7-9,12H2,1-2H3,(H,22,23). The molecule has 0 spiro atoms. The number of hydrogen-bond acceptors (Lipinski definition) is 4. The van der Waals surface area contributed by atoms with Crippen LogP contribution in [0.3, 0.4) is 0 Å². The van der Waals surface area contributed by atoms with Crippen LogP contribution in [0, 0.1) is 0 Å². The molecule has 1 aliphatic heterocycles. The van der Waals surface area contributed by atoms with Crippen LogP contribution >= 0.6 is 0 Å². The molecule has 3 rings (SSSR count). The molecule has 2 aromatic rings. The van der Waals surface area contributed by atoms with E-state index >= 15 is 0 Å². The molecular weight excluding hydrogens is 302 g/mol. The van der Waals surface area contributed by atoms with Crippen molar-refractivity contribution in [1.82, 2.24) is 15.3 Å². The summed E-state index contributed by atoms with van der Waals surface area (Å²) >= 11 is 0. The summed E-state index contributed by atoms with van der Waals surface area (Å²) in [4.78, 5) is 20.1. The highest BCUT2D eigenvalue weighted by molar-refractivity contribution is 5.76. The van der Waals surface area contributed by atoms with Gasteiger partial charge < -0.3 is 10.1 Å². The molecule has 5 nitrogen and oxygen atoms in total. The largest absolute Gasteiger partial charge is 0.488 e. The Bertz CT molecular complexity index is 701. The number of hydrogen-bond donors (Lipinski definition) is 1. The van der Waals surface area contributed by atoms with Gasteiger partial charge >= 0.3 is 0 Å². The third-order valence-electron chi connectivity index (χ3n) is 4.28. The van der Waals surface area contributed by atoms with Gasteiger partial charge in [0.25, 0.3) is 0 Å². The summed E-state index contributed by atoms with van der Waals surface area (Å²) in [5.41, 5.74) is 1.93. The van der Waals surface area contributed by atoms with Crippen LogP contribution in [0.4, 0.5) is 0 Å². The Hall–Kier alpha value is -2.43. The van der Waals surface area contributed by atoms with Gasteiger partial charge in [0.1, 0.15) is 17.7 Å². The van der Waals surface area contributed by atoms with Gasteiger partial charge in [-0.1, -0.05) is 18.2 Å². The lowest BCUT2D eigenvalue weighted by Crippen LogP contribution is -2.39. The fourth-order valence-corrected chi connectivity index (χ4v) is 3.18. The highest BCUT2D eigenvalue weighted by atomic mass is 16.5. The molecule has 0 radical (unpaired) electrons. The first kappa shape index (κ1) is 16.4. The van der Waals surface area contributed by atoms with Gasteiger partial charge in [0.2, 0.25) is 5.91 Å². The Balaban J connectivity index is 1.57. The Morgan fingerprint density at radius 2 is 2.04 bits per heavy atom. The SMILES string of the molecule is CC1(C)CC(CNC(=O)CCc2cncnc2)c2ccccc2O1. The van der Waals surface area contributed by atoms with Crippen LogP contribution in [0.1, 0.15) is 43.7 Å². The van der Waals surface area contributed by atoms with Gasteiger partial charge in [0, 0.05) is 31.3 Å². The number of fused-ring (bicyclic) bond motifs is 1. The molecule has 1 amide bonds. The Labute approximate surface area is 142 Å². The fraction of sp³-hybridized carbons (Fsp3) is 0.421. The van der Waals surface area contributed by atoms with Crippen LogP contribution in [-0.4, -0.2) is 28.0 Å². The molecule has 2 heterocycles. The summed E-state index contributed by atoms with van der Waals surface area (Å²) in [5.74, 6) is 1.25. The molecule has 0 aliphatic carbocycles. The highest BCUT2D eigenvalue weighted by Gasteiger charge is 2.33. The molecule has 126 valence electrons. The Kier molecular flexibility index (Phi) is 4.79. The predicted octanol–water partition coefficient (Wildman–Crippen LogP) is 2.87. The maximum absolute atomic E-state index is 12.1. The van der Waals surface area contributed by atoms with Crippen LogP contribution in [0.5, 0.6) is 5.75 Å². The van der Waals surface area contributed by atoms with Gasteiger partial charge in [0.05, 0.1) is 0 Å². The molecular formula is C19H23N3O2. The van der Waals surface area contributed by atoms with Gasteiger partial charge in [-0.2, -0.15) is 0 Å². The summed E-state index contributed by atoms with van der Waals surface area (Å²) in [6.45, 7) is 4.81. The number of nitrogens with one attached hydrogen (secondary N) is 1. The van der Waals surface area contributed by atoms with E-state index in [1.807, 2.05) is 18.2 Å². The van der Waals surface area contributed by atoms with E-state index in [0.29, 0.717) is 19.4 Å². The van der Waals surface area contributed by atoms with E-state index in [9.17, 15) is 4.79 Å². The number of nitrogens with zero attached hydrogens (tertiary/aromatic N) is 2. The predicted molar refractivity (Wildman–Crippen MR) is 91.9 cm³/mol. The van der Waals surface area contributed by atoms with Gasteiger partial charge in [0.15, 0.2) is 0 Å². The number of benzene rings is 1. The third-order valence-corrected chi connectivity index (χ3v) is 4.28. The Morgan fingerprint density at radius 3 is 2.83 bits per heavy atom. The van der Waals surface area contributed by atoms with Crippen LogP contribution in [0.15, 0.2) is 43.0 Å². The second-order valence-corrected chi connectivity index (χ2v) is 6.85. The van der Waals surface area contributed by atoms with Crippen molar-refractivity contribution in [2.75, 3.05) is 6.54 Å². The first-order chi connectivity index (χ1) is 11.5. The van der Waals surface area contributed by atoms with Crippen LogP contribution in [0.2, 0.25) is 0 Å². The average molecular weight is 325 g/mol. The summed E-state index contributed by atoms with van der Waals surface area (Å²) in [7, 11) is 0. The first-order valence-corrected chi connectivity index (χ1v) is 8.32. The molecule has 0 fully saturated rings. The molecule has 0 bridgehead atoms. The van der Waals surface area contributed by atoms with E-state index in [1.54, 1.807) is 12.4 Å². The van der Waals surface area contributed by atoms with Crippen molar-refractivity contribution < 1.29 is 9.53 Å². The van der Waals surface area contributed by atoms with Crippen molar-refractivity contribution in [2.24, 2.45) is 0 Å². The molecule has 1 unspecified atom stereocenters. The molecule has 0 saturated heterocycles. The lowest BCUT2D eigenvalue weighted by atomic mass is 9.84. The lowest BCUT2D eigenvalue weighted by molar-refractivity contribution is -0.121. The van der Waals surface area contributed by atoms with E-state index in [-0.39, 0.29) is 17.4 Å². The number of carbonyl (C=O) groups is 1. The van der Waals surface area contributed by atoms with Crippen molar-refractivity contribution in [3.8, 4) is 5.75 Å². The molecule has 1 aliphatic rings. The summed E-state index contributed by atoms with van der Waals surface area (Å²) in [6, 6.07) is 8.09. The third kappa shape index (κ3) is 4.10. The minimum atomic E-state index is -0.217. The monoisotopic (exact) mass is 325 g/mol. The first-order valence-electron chi connectivity index (χ1n) is 8.32. The molecule has 24 heavy (non-hydrogen) atoms. The molecule has 1 N–H and O–H groups in total. The highest BCUT2D eigenvalue weighted by Crippen LogP contribution is 2.40. The number of amides is 1. The second-order valence-electron chi connectivity index (χ2n) is 6.85. The van der Waals surface area contributed by atoms with E-state index in [1.165, 1.54) is 11.9 Å². The van der Waals surface area contributed by atoms with E-state index in [0.717, 1.165) is 17.7 Å². The van der Waals surface area contributed by atoms with Crippen LogP contribution < -0.4 is 10.1 Å². The van der Waals surface area contributed by atoms with Crippen molar-refractivity contribution in [1.29, 1.82) is 0 Å². The molecule has 0 saturated carbocycles. The molecule has 1 atom stereocenters. The topological polar surface area (TPSA) is 64.1 Å². The molecule has 1 aromatic carbocycles. The lowest BCUT2D eigenvalue weighted by Gasteiger charge is -2.37. The zero-order valence-electron chi connectivity index (χ0n) is 14.2. The molecule has 5 heteroatoms. The van der Waals surface area contributed by atoms with E-state index in [4.69, 9.17) is 4.74 Å². The summed E-state index contributed by atoms with van der Waals surface area (Å²) in [6.07, 6.45) is 6.98. The van der Waals surface area contributed by atoms with E-state index < -0.39 is 0 Å². The van der Waals surface area contributed by atoms with Crippen molar-refractivity contribution in [3.05, 3.63) is 54.1 Å². The number of para-hydroxylation sites is 1. The second kappa shape index (κ2) is 6.99. The average Bonchev–Trinajstić information content (AvgIpc) is 2.58. The number of aryl methyl sites for hydroxylation is 1. The number of ether oxygens (including phenoxy) is 1. The smallest absolute Gasteiger partial charge is 0.220 e. The number of aromatic nitrogens is 2. The van der Waals surface area contributed by atoms with Crippen molar-refractivity contribution in [3.63, 3.8) is 0 Å². The van der Waals surface area contributed by atoms with E-state index in [2.05, 4.69) is 35.2 Å². The fourth-order valence-electron chi connectivity index (χ4n) is 3.18. The maximum Gasteiger partial charge on any atom is 0.220 e. The van der Waals surface area contributed by atoms with Gasteiger partial charge in [-0.15, -0.1) is 0 Å². The van der Waals surface area contributed by atoms with Crippen LogP contribution in [-0.2, 0) is 11.2 Å². The summed E-state index contributed by atoms with van der Waals surface area (Å²) in [5, 5.41) is 3.07. The minimum absolute atomic E-state index is 0.0561. The zero-order chi connectivity index (χ0) is 17.0. The maximum atomic E-state index is 12.1. The number of rotatable bonds is 5. The summed E-state index contributed by atoms with van der Waals surface area (Å²) < 4.78 is 6.04. The molecule has 1 aromatic heterocycles. The zero-order valence-corrected chi connectivity index (χ0v) is 14.2.